The highest BCUT2D eigenvalue weighted by molar-refractivity contribution is 6.32. The molecule has 3 aromatic rings. The van der Waals surface area contributed by atoms with Crippen LogP contribution in [-0.4, -0.2) is 69.7 Å². The third-order valence-electron chi connectivity index (χ3n) is 10.9. The van der Waals surface area contributed by atoms with Crippen molar-refractivity contribution in [1.29, 1.82) is 0 Å². The maximum atomic E-state index is 6.54. The van der Waals surface area contributed by atoms with Gasteiger partial charge >= 0.3 is 0 Å². The molecule has 7 rings (SSSR count). The average molecular weight is 719 g/mol. The van der Waals surface area contributed by atoms with Crippen LogP contribution in [0, 0.1) is 0 Å². The van der Waals surface area contributed by atoms with Gasteiger partial charge in [0.2, 0.25) is 11.9 Å². The predicted octanol–water partition coefficient (Wildman–Crippen LogP) is 6.96. The van der Waals surface area contributed by atoms with Crippen LogP contribution in [0.3, 0.4) is 0 Å². The molecule has 0 amide bonds. The normalized spacial score (nSPS) is 22.4. The van der Waals surface area contributed by atoms with Crippen LogP contribution in [0.5, 0.6) is 5.75 Å². The number of fused-ring (bicyclic) bond motifs is 2. The van der Waals surface area contributed by atoms with E-state index >= 15 is 0 Å². The largest absolute Gasteiger partial charge is 0.492 e. The first-order valence-corrected chi connectivity index (χ1v) is 19.1. The van der Waals surface area contributed by atoms with Crippen LogP contribution in [-0.2, 0) is 38.4 Å². The van der Waals surface area contributed by atoms with Gasteiger partial charge in [0, 0.05) is 43.2 Å². The zero-order valence-corrected chi connectivity index (χ0v) is 32.6. The standard InChI is InChI=1S/C39H55ClN8O3/c1-10-49-31-21-25(11-12-30(31)40)24-46-19-15-27(16-20-46)48(35-43-23-29-33(45-35)39(8,9)51-37(29,4)5)47(26-13-17-41-18-14-26)34-42-22-28-32(44-34)38(6,7)50-36(28,2)3/h11-12,21-23,26-27,41H,10,13-20,24H2,1-9H3. The molecule has 0 bridgehead atoms. The second-order valence-electron chi connectivity index (χ2n) is 16.5. The summed E-state index contributed by atoms with van der Waals surface area (Å²) in [6.45, 7) is 23.9. The van der Waals surface area contributed by atoms with Crippen molar-refractivity contribution in [1.82, 2.24) is 30.2 Å². The molecule has 2 saturated heterocycles. The van der Waals surface area contributed by atoms with Crippen LogP contribution in [0.2, 0.25) is 5.02 Å². The molecular formula is C39H55ClN8O3. The molecule has 1 aromatic carbocycles. The number of likely N-dealkylation sites (tertiary alicyclic amines) is 1. The van der Waals surface area contributed by atoms with Crippen LogP contribution in [0.1, 0.15) is 116 Å². The summed E-state index contributed by atoms with van der Waals surface area (Å²) in [4.78, 5) is 23.5. The van der Waals surface area contributed by atoms with Gasteiger partial charge in [-0.05, 0) is 119 Å². The maximum absolute atomic E-state index is 6.54. The maximum Gasteiger partial charge on any atom is 0.245 e. The number of nitrogens with one attached hydrogen (secondary N) is 1. The fourth-order valence-electron chi connectivity index (χ4n) is 8.66. The Morgan fingerprint density at radius 2 is 1.29 bits per heavy atom. The number of ether oxygens (including phenoxy) is 3. The molecule has 2 fully saturated rings. The van der Waals surface area contributed by atoms with Crippen molar-refractivity contribution in [3.05, 3.63) is 63.7 Å². The first-order chi connectivity index (χ1) is 24.1. The number of anilines is 2. The van der Waals surface area contributed by atoms with Crippen LogP contribution < -0.4 is 20.1 Å². The fourth-order valence-corrected chi connectivity index (χ4v) is 8.83. The second kappa shape index (κ2) is 13.4. The van der Waals surface area contributed by atoms with E-state index in [2.05, 4.69) is 87.8 Å². The molecule has 0 atom stereocenters. The Morgan fingerprint density at radius 3 is 1.80 bits per heavy atom. The number of piperidine rings is 2. The number of hydrazine groups is 1. The summed E-state index contributed by atoms with van der Waals surface area (Å²) in [5.41, 5.74) is 3.08. The molecular weight excluding hydrogens is 664 g/mol. The second-order valence-corrected chi connectivity index (χ2v) is 16.9. The Bertz CT molecular complexity index is 1750. The Balaban J connectivity index is 1.28. The summed E-state index contributed by atoms with van der Waals surface area (Å²) in [6.07, 6.45) is 7.71. The van der Waals surface area contributed by atoms with Crippen molar-refractivity contribution >= 4 is 23.5 Å². The lowest BCUT2D eigenvalue weighted by Gasteiger charge is -2.47. The number of hydrogen-bond donors (Lipinski definition) is 1. The Labute approximate surface area is 308 Å². The number of aromatic nitrogens is 4. The van der Waals surface area contributed by atoms with E-state index in [1.54, 1.807) is 0 Å². The molecule has 0 aliphatic carbocycles. The minimum atomic E-state index is -0.554. The Hall–Kier alpha value is -3.09. The number of hydrogen-bond acceptors (Lipinski definition) is 11. The fraction of sp³-hybridized carbons (Fsp3) is 0.641. The predicted molar refractivity (Wildman–Crippen MR) is 200 cm³/mol. The molecule has 0 radical (unpaired) electrons. The number of rotatable bonds is 9. The number of nitrogens with zero attached hydrogens (tertiary/aromatic N) is 7. The van der Waals surface area contributed by atoms with E-state index in [0.717, 1.165) is 86.7 Å². The molecule has 2 aromatic heterocycles. The third kappa shape index (κ3) is 6.92. The summed E-state index contributed by atoms with van der Waals surface area (Å²) in [5.74, 6) is 2.08. The molecule has 1 N–H and O–H groups in total. The summed E-state index contributed by atoms with van der Waals surface area (Å²) < 4.78 is 18.9. The molecule has 276 valence electrons. The van der Waals surface area contributed by atoms with Crippen LogP contribution in [0.4, 0.5) is 11.9 Å². The Morgan fingerprint density at radius 1 is 0.784 bits per heavy atom. The number of benzene rings is 1. The van der Waals surface area contributed by atoms with Gasteiger partial charge in [0.1, 0.15) is 17.0 Å². The van der Waals surface area contributed by atoms with Crippen molar-refractivity contribution in [3.8, 4) is 5.75 Å². The SMILES string of the molecule is CCOc1cc(CN2CCC(N(c3ncc4c(n3)C(C)(C)OC4(C)C)N(c3ncc4c(n3)C(C)(C)OC4(C)C)C3CCNCC3)CC2)ccc1Cl. The van der Waals surface area contributed by atoms with Crippen LogP contribution in [0.25, 0.3) is 0 Å². The monoisotopic (exact) mass is 718 g/mol. The molecule has 0 saturated carbocycles. The van der Waals surface area contributed by atoms with Crippen molar-refractivity contribution in [2.45, 2.75) is 129 Å². The lowest BCUT2D eigenvalue weighted by Crippen LogP contribution is -2.59. The van der Waals surface area contributed by atoms with E-state index in [4.69, 9.17) is 45.7 Å². The molecule has 6 heterocycles. The molecule has 4 aliphatic heterocycles. The van der Waals surface area contributed by atoms with Gasteiger partial charge in [-0.15, -0.1) is 0 Å². The van der Waals surface area contributed by atoms with Crippen LogP contribution >= 0.6 is 11.6 Å². The van der Waals surface area contributed by atoms with E-state index in [1.807, 2.05) is 25.4 Å². The first kappa shape index (κ1) is 36.3. The van der Waals surface area contributed by atoms with Gasteiger partial charge in [-0.1, -0.05) is 17.7 Å². The molecule has 4 aliphatic rings. The quantitative estimate of drug-likeness (QED) is 0.232. The van der Waals surface area contributed by atoms with Crippen molar-refractivity contribution in [2.75, 3.05) is 42.8 Å². The smallest absolute Gasteiger partial charge is 0.245 e. The van der Waals surface area contributed by atoms with E-state index < -0.39 is 22.4 Å². The highest BCUT2D eigenvalue weighted by atomic mass is 35.5. The summed E-state index contributed by atoms with van der Waals surface area (Å²) in [5, 5.41) is 8.90. The van der Waals surface area contributed by atoms with Gasteiger partial charge < -0.3 is 19.5 Å². The van der Waals surface area contributed by atoms with Gasteiger partial charge in [-0.2, -0.15) is 0 Å². The zero-order valence-electron chi connectivity index (χ0n) is 31.8. The van der Waals surface area contributed by atoms with E-state index in [-0.39, 0.29) is 12.1 Å². The molecule has 51 heavy (non-hydrogen) atoms. The first-order valence-electron chi connectivity index (χ1n) is 18.7. The van der Waals surface area contributed by atoms with Crippen LogP contribution in [0.15, 0.2) is 30.6 Å². The topological polar surface area (TPSA) is 101 Å². The summed E-state index contributed by atoms with van der Waals surface area (Å²) in [6, 6.07) is 6.39. The molecule has 11 nitrogen and oxygen atoms in total. The van der Waals surface area contributed by atoms with Gasteiger partial charge in [0.05, 0.1) is 46.3 Å². The minimum Gasteiger partial charge on any atom is -0.492 e. The highest BCUT2D eigenvalue weighted by Gasteiger charge is 2.48. The Kier molecular flexibility index (Phi) is 9.53. The summed E-state index contributed by atoms with van der Waals surface area (Å²) in [7, 11) is 0. The van der Waals surface area contributed by atoms with E-state index in [1.165, 1.54) is 5.56 Å². The van der Waals surface area contributed by atoms with Gasteiger partial charge in [-0.25, -0.2) is 30.0 Å². The zero-order chi connectivity index (χ0) is 36.3. The summed E-state index contributed by atoms with van der Waals surface area (Å²) >= 11 is 6.41. The number of halogens is 1. The highest BCUT2D eigenvalue weighted by Crippen LogP contribution is 2.48. The van der Waals surface area contributed by atoms with Crippen molar-refractivity contribution in [2.24, 2.45) is 0 Å². The van der Waals surface area contributed by atoms with E-state index in [0.29, 0.717) is 23.5 Å². The lowest BCUT2D eigenvalue weighted by molar-refractivity contribution is -0.106. The van der Waals surface area contributed by atoms with E-state index in [9.17, 15) is 0 Å². The van der Waals surface area contributed by atoms with Crippen molar-refractivity contribution in [3.63, 3.8) is 0 Å². The molecule has 0 spiro atoms. The molecule has 0 unspecified atom stereocenters. The third-order valence-corrected chi connectivity index (χ3v) is 11.2. The lowest BCUT2D eigenvalue weighted by atomic mass is 9.97. The van der Waals surface area contributed by atoms with Gasteiger partial charge in [0.25, 0.3) is 0 Å². The van der Waals surface area contributed by atoms with Crippen molar-refractivity contribution < 1.29 is 14.2 Å². The van der Waals surface area contributed by atoms with Gasteiger partial charge in [-0.3, -0.25) is 4.90 Å². The average Bonchev–Trinajstić information content (AvgIpc) is 3.39. The minimum absolute atomic E-state index is 0.120. The molecule has 12 heteroatoms. The van der Waals surface area contributed by atoms with Gasteiger partial charge in [0.15, 0.2) is 0 Å².